The molecule has 3 nitrogen and oxygen atoms in total. The molecule has 1 aliphatic carbocycles. The Bertz CT molecular complexity index is 373. The second-order valence-electron chi connectivity index (χ2n) is 5.38. The monoisotopic (exact) mass is 248 g/mol. The van der Waals surface area contributed by atoms with Crippen LogP contribution < -0.4 is 11.1 Å². The number of nitrogens with one attached hydrogen (secondary N) is 1. The van der Waals surface area contributed by atoms with Gasteiger partial charge < -0.3 is 16.2 Å². The molecule has 0 aliphatic heterocycles. The van der Waals surface area contributed by atoms with E-state index in [0.717, 1.165) is 50.8 Å². The van der Waals surface area contributed by atoms with E-state index in [1.54, 1.807) is 0 Å². The van der Waals surface area contributed by atoms with Crippen LogP contribution in [0.25, 0.3) is 0 Å². The molecular formula is C15H24N2O. The fraction of sp³-hybridized carbons (Fsp3) is 0.600. The van der Waals surface area contributed by atoms with Gasteiger partial charge in [-0.25, -0.2) is 0 Å². The lowest BCUT2D eigenvalue weighted by atomic mass is 10.0. The average molecular weight is 248 g/mol. The summed E-state index contributed by atoms with van der Waals surface area (Å²) < 4.78 is 0. The van der Waals surface area contributed by atoms with Crippen LogP contribution in [0.3, 0.4) is 0 Å². The molecule has 2 rings (SSSR count). The maximum Gasteiger partial charge on any atom is 0.0819 e. The van der Waals surface area contributed by atoms with Gasteiger partial charge in [0.15, 0.2) is 0 Å². The number of hydrogen-bond donors (Lipinski definition) is 3. The molecule has 0 aromatic heterocycles. The maximum atomic E-state index is 10.3. The zero-order chi connectivity index (χ0) is 12.8. The van der Waals surface area contributed by atoms with E-state index in [9.17, 15) is 5.11 Å². The molecule has 0 spiro atoms. The first-order valence-electron chi connectivity index (χ1n) is 6.97. The minimum absolute atomic E-state index is 0.493. The lowest BCUT2D eigenvalue weighted by Gasteiger charge is -2.23. The molecule has 1 aromatic rings. The van der Waals surface area contributed by atoms with Crippen molar-refractivity contribution >= 4 is 5.69 Å². The Kier molecular flexibility index (Phi) is 4.61. The molecule has 0 radical (unpaired) electrons. The fourth-order valence-corrected chi connectivity index (χ4v) is 2.62. The Labute approximate surface area is 109 Å². The van der Waals surface area contributed by atoms with E-state index in [4.69, 9.17) is 5.73 Å². The summed E-state index contributed by atoms with van der Waals surface area (Å²) >= 11 is 0. The highest BCUT2D eigenvalue weighted by molar-refractivity contribution is 5.46. The molecule has 18 heavy (non-hydrogen) atoms. The molecule has 0 amide bonds. The van der Waals surface area contributed by atoms with Gasteiger partial charge in [0.25, 0.3) is 0 Å². The third-order valence-corrected chi connectivity index (χ3v) is 3.75. The molecule has 0 unspecified atom stereocenters. The van der Waals surface area contributed by atoms with Crippen LogP contribution in [0.2, 0.25) is 0 Å². The second-order valence-corrected chi connectivity index (χ2v) is 5.38. The summed E-state index contributed by atoms with van der Waals surface area (Å²) in [4.78, 5) is 0. The van der Waals surface area contributed by atoms with Crippen LogP contribution in [0.5, 0.6) is 0 Å². The normalized spacial score (nSPS) is 17.9. The summed E-state index contributed by atoms with van der Waals surface area (Å²) in [6.45, 7) is 1.39. The Balaban J connectivity index is 1.88. The summed E-state index contributed by atoms with van der Waals surface area (Å²) in [5, 5.41) is 13.6. The largest absolute Gasteiger partial charge is 0.388 e. The predicted octanol–water partition coefficient (Wildman–Crippen LogP) is 2.29. The number of hydrogen-bond acceptors (Lipinski definition) is 3. The standard InChI is InChI=1S/C15H24N2O/c16-10-4-6-13-5-3-7-14(11-13)17-12-15(18)8-1-2-9-15/h3,5,7,11,17-18H,1-2,4,6,8-10,12,16H2. The van der Waals surface area contributed by atoms with Crippen LogP contribution in [0.4, 0.5) is 5.69 Å². The molecule has 1 aliphatic rings. The Morgan fingerprint density at radius 3 is 2.78 bits per heavy atom. The van der Waals surface area contributed by atoms with Gasteiger partial charge in [0.1, 0.15) is 0 Å². The number of aliphatic hydroxyl groups is 1. The Hall–Kier alpha value is -1.06. The lowest BCUT2D eigenvalue weighted by Crippen LogP contribution is -2.33. The summed E-state index contributed by atoms with van der Waals surface area (Å²) in [6, 6.07) is 8.41. The van der Waals surface area contributed by atoms with Crippen molar-refractivity contribution < 1.29 is 5.11 Å². The Morgan fingerprint density at radius 1 is 1.28 bits per heavy atom. The van der Waals surface area contributed by atoms with Crippen LogP contribution in [-0.4, -0.2) is 23.8 Å². The van der Waals surface area contributed by atoms with Crippen LogP contribution in [0, 0.1) is 0 Å². The van der Waals surface area contributed by atoms with Crippen LogP contribution in [-0.2, 0) is 6.42 Å². The number of anilines is 1. The minimum Gasteiger partial charge on any atom is -0.388 e. The van der Waals surface area contributed by atoms with E-state index in [1.807, 2.05) is 0 Å². The summed E-state index contributed by atoms with van der Waals surface area (Å²) in [7, 11) is 0. The number of benzene rings is 1. The van der Waals surface area contributed by atoms with E-state index in [0.29, 0.717) is 6.54 Å². The molecule has 0 bridgehead atoms. The fourth-order valence-electron chi connectivity index (χ4n) is 2.62. The van der Waals surface area contributed by atoms with Crippen LogP contribution in [0.15, 0.2) is 24.3 Å². The van der Waals surface area contributed by atoms with Crippen LogP contribution in [0.1, 0.15) is 37.7 Å². The van der Waals surface area contributed by atoms with Crippen molar-refractivity contribution in [3.8, 4) is 0 Å². The van der Waals surface area contributed by atoms with Gasteiger partial charge in [-0.1, -0.05) is 25.0 Å². The van der Waals surface area contributed by atoms with E-state index in [1.165, 1.54) is 5.56 Å². The van der Waals surface area contributed by atoms with E-state index in [2.05, 4.69) is 29.6 Å². The van der Waals surface area contributed by atoms with Gasteiger partial charge in [0.2, 0.25) is 0 Å². The molecule has 1 saturated carbocycles. The molecule has 3 heteroatoms. The van der Waals surface area contributed by atoms with Gasteiger partial charge in [0.05, 0.1) is 5.60 Å². The number of rotatable bonds is 6. The predicted molar refractivity (Wildman–Crippen MR) is 75.7 cm³/mol. The van der Waals surface area contributed by atoms with Gasteiger partial charge >= 0.3 is 0 Å². The molecular weight excluding hydrogens is 224 g/mol. The second kappa shape index (κ2) is 6.21. The Morgan fingerprint density at radius 2 is 2.06 bits per heavy atom. The first-order valence-corrected chi connectivity index (χ1v) is 6.97. The van der Waals surface area contributed by atoms with Crippen molar-refractivity contribution in [1.82, 2.24) is 0 Å². The molecule has 4 N–H and O–H groups in total. The maximum absolute atomic E-state index is 10.3. The highest BCUT2D eigenvalue weighted by Gasteiger charge is 2.30. The van der Waals surface area contributed by atoms with E-state index >= 15 is 0 Å². The molecule has 1 aromatic carbocycles. The average Bonchev–Trinajstić information content (AvgIpc) is 2.82. The highest BCUT2D eigenvalue weighted by Crippen LogP contribution is 2.29. The topological polar surface area (TPSA) is 58.3 Å². The van der Waals surface area contributed by atoms with Crippen molar-refractivity contribution in [2.75, 3.05) is 18.4 Å². The van der Waals surface area contributed by atoms with Gasteiger partial charge in [0, 0.05) is 12.2 Å². The molecule has 0 heterocycles. The zero-order valence-corrected chi connectivity index (χ0v) is 11.0. The van der Waals surface area contributed by atoms with Gasteiger partial charge in [-0.3, -0.25) is 0 Å². The zero-order valence-electron chi connectivity index (χ0n) is 11.0. The molecule has 1 fully saturated rings. The quantitative estimate of drug-likeness (QED) is 0.724. The van der Waals surface area contributed by atoms with Crippen molar-refractivity contribution in [2.24, 2.45) is 5.73 Å². The van der Waals surface area contributed by atoms with E-state index < -0.39 is 5.60 Å². The first kappa shape index (κ1) is 13.4. The van der Waals surface area contributed by atoms with Crippen LogP contribution >= 0.6 is 0 Å². The highest BCUT2D eigenvalue weighted by atomic mass is 16.3. The third kappa shape index (κ3) is 3.72. The van der Waals surface area contributed by atoms with Gasteiger partial charge in [-0.2, -0.15) is 0 Å². The third-order valence-electron chi connectivity index (χ3n) is 3.75. The lowest BCUT2D eigenvalue weighted by molar-refractivity contribution is 0.0615. The van der Waals surface area contributed by atoms with Gasteiger partial charge in [-0.05, 0) is 49.9 Å². The summed E-state index contributed by atoms with van der Waals surface area (Å²) in [6.07, 6.45) is 6.19. The smallest absolute Gasteiger partial charge is 0.0819 e. The molecule has 100 valence electrons. The summed E-state index contributed by atoms with van der Waals surface area (Å²) in [5.74, 6) is 0. The molecule has 0 saturated heterocycles. The summed E-state index contributed by atoms with van der Waals surface area (Å²) in [5.41, 5.74) is 7.44. The van der Waals surface area contributed by atoms with Crippen molar-refractivity contribution in [2.45, 2.75) is 44.1 Å². The van der Waals surface area contributed by atoms with Crippen molar-refractivity contribution in [1.29, 1.82) is 0 Å². The minimum atomic E-state index is -0.493. The number of aryl methyl sites for hydroxylation is 1. The SMILES string of the molecule is NCCCc1cccc(NCC2(O)CCCC2)c1. The van der Waals surface area contributed by atoms with Crippen molar-refractivity contribution in [3.05, 3.63) is 29.8 Å². The first-order chi connectivity index (χ1) is 8.72. The van der Waals surface area contributed by atoms with Gasteiger partial charge in [-0.15, -0.1) is 0 Å². The number of nitrogens with two attached hydrogens (primary N) is 1. The van der Waals surface area contributed by atoms with E-state index in [-0.39, 0.29) is 0 Å². The van der Waals surface area contributed by atoms with Crippen molar-refractivity contribution in [3.63, 3.8) is 0 Å². The molecule has 0 atom stereocenters.